The van der Waals surface area contributed by atoms with E-state index in [4.69, 9.17) is 17.3 Å². The van der Waals surface area contributed by atoms with Crippen molar-refractivity contribution in [3.8, 4) is 22.4 Å². The Bertz CT molecular complexity index is 1010. The van der Waals surface area contributed by atoms with Crippen LogP contribution in [0.5, 0.6) is 0 Å². The molecule has 0 aliphatic carbocycles. The Kier molecular flexibility index (Phi) is 3.24. The van der Waals surface area contributed by atoms with Crippen LogP contribution < -0.4 is 5.73 Å². The van der Waals surface area contributed by atoms with E-state index in [1.807, 2.05) is 54.6 Å². The van der Waals surface area contributed by atoms with Crippen molar-refractivity contribution in [2.24, 2.45) is 0 Å². The molecule has 5 heteroatoms. The van der Waals surface area contributed by atoms with Crippen molar-refractivity contribution < 1.29 is 0 Å². The van der Waals surface area contributed by atoms with Gasteiger partial charge in [-0.2, -0.15) is 5.10 Å². The second-order valence-corrected chi connectivity index (χ2v) is 5.73. The summed E-state index contributed by atoms with van der Waals surface area (Å²) in [5.41, 5.74) is 11.2. The summed E-state index contributed by atoms with van der Waals surface area (Å²) in [7, 11) is 0. The minimum absolute atomic E-state index is 0.667. The first-order valence-electron chi connectivity index (χ1n) is 7.17. The molecule has 0 unspecified atom stereocenters. The van der Waals surface area contributed by atoms with Crippen LogP contribution >= 0.6 is 11.6 Å². The van der Waals surface area contributed by atoms with Gasteiger partial charge in [0, 0.05) is 22.5 Å². The molecule has 0 bridgehead atoms. The monoisotopic (exact) mass is 320 g/mol. The topological polar surface area (TPSA) is 67.6 Å². The average molecular weight is 321 g/mol. The number of nitrogens with zero attached hydrogens (tertiary/aromatic N) is 2. The molecule has 4 rings (SSSR count). The third-order valence-corrected chi connectivity index (χ3v) is 4.00. The van der Waals surface area contributed by atoms with Crippen LogP contribution in [0, 0.1) is 0 Å². The number of nitrogens with one attached hydrogen (secondary N) is 1. The number of pyridine rings is 1. The van der Waals surface area contributed by atoms with Gasteiger partial charge in [-0.25, -0.2) is 4.98 Å². The molecule has 4 nitrogen and oxygen atoms in total. The molecule has 0 spiro atoms. The zero-order valence-corrected chi connectivity index (χ0v) is 12.9. The number of halogens is 1. The van der Waals surface area contributed by atoms with Crippen molar-refractivity contribution in [1.82, 2.24) is 15.2 Å². The third kappa shape index (κ3) is 2.43. The van der Waals surface area contributed by atoms with Crippen molar-refractivity contribution in [3.63, 3.8) is 0 Å². The molecule has 0 saturated heterocycles. The molecule has 0 saturated carbocycles. The van der Waals surface area contributed by atoms with E-state index in [1.54, 1.807) is 6.20 Å². The van der Waals surface area contributed by atoms with Gasteiger partial charge < -0.3 is 5.73 Å². The summed E-state index contributed by atoms with van der Waals surface area (Å²) in [4.78, 5) is 4.35. The van der Waals surface area contributed by atoms with E-state index in [0.29, 0.717) is 10.7 Å². The van der Waals surface area contributed by atoms with Crippen LogP contribution in [-0.4, -0.2) is 15.2 Å². The Balaban J connectivity index is 2.01. The molecular formula is C18H13ClN4. The lowest BCUT2D eigenvalue weighted by molar-refractivity contribution is 1.10. The highest BCUT2D eigenvalue weighted by Crippen LogP contribution is 2.35. The molecule has 0 aliphatic heterocycles. The summed E-state index contributed by atoms with van der Waals surface area (Å²) in [6.45, 7) is 0. The number of nitrogen functional groups attached to an aromatic ring is 1. The number of hydrogen-bond donors (Lipinski definition) is 2. The number of aromatic amines is 1. The number of nitrogens with two attached hydrogens (primary N) is 1. The number of fused-ring (bicyclic) bond motifs is 1. The SMILES string of the molecule is Nc1cccc(-c2ccnc3n[nH]c(-c4cccc(Cl)c4)c23)c1. The number of benzene rings is 2. The Morgan fingerprint density at radius 1 is 0.957 bits per heavy atom. The zero-order chi connectivity index (χ0) is 15.8. The highest BCUT2D eigenvalue weighted by molar-refractivity contribution is 6.30. The number of H-pyrrole nitrogens is 1. The van der Waals surface area contributed by atoms with Crippen LogP contribution in [0.4, 0.5) is 5.69 Å². The normalized spacial score (nSPS) is 11.0. The summed E-state index contributed by atoms with van der Waals surface area (Å²) < 4.78 is 0. The fourth-order valence-corrected chi connectivity index (χ4v) is 2.94. The van der Waals surface area contributed by atoms with Crippen molar-refractivity contribution in [2.45, 2.75) is 0 Å². The van der Waals surface area contributed by atoms with E-state index in [1.165, 1.54) is 0 Å². The van der Waals surface area contributed by atoms with Gasteiger partial charge in [0.1, 0.15) is 0 Å². The van der Waals surface area contributed by atoms with Crippen LogP contribution in [0.15, 0.2) is 60.8 Å². The molecule has 23 heavy (non-hydrogen) atoms. The summed E-state index contributed by atoms with van der Waals surface area (Å²) in [5, 5.41) is 9.04. The number of aromatic nitrogens is 3. The van der Waals surface area contributed by atoms with Crippen molar-refractivity contribution in [3.05, 3.63) is 65.8 Å². The average Bonchev–Trinajstić information content (AvgIpc) is 2.99. The molecule has 0 fully saturated rings. The fraction of sp³-hybridized carbons (Fsp3) is 0. The third-order valence-electron chi connectivity index (χ3n) is 3.77. The summed E-state index contributed by atoms with van der Waals surface area (Å²) in [6, 6.07) is 17.4. The molecule has 0 amide bonds. The molecule has 3 N–H and O–H groups in total. The fourth-order valence-electron chi connectivity index (χ4n) is 2.75. The molecule has 2 heterocycles. The predicted molar refractivity (Wildman–Crippen MR) is 94.2 cm³/mol. The van der Waals surface area contributed by atoms with Crippen LogP contribution in [0.2, 0.25) is 5.02 Å². The molecule has 0 aliphatic rings. The number of rotatable bonds is 2. The summed E-state index contributed by atoms with van der Waals surface area (Å²) in [6.07, 6.45) is 1.75. The van der Waals surface area contributed by atoms with Crippen LogP contribution in [-0.2, 0) is 0 Å². The van der Waals surface area contributed by atoms with E-state index >= 15 is 0 Å². The van der Waals surface area contributed by atoms with Crippen LogP contribution in [0.25, 0.3) is 33.4 Å². The minimum atomic E-state index is 0.667. The van der Waals surface area contributed by atoms with E-state index < -0.39 is 0 Å². The first kappa shape index (κ1) is 13.8. The molecule has 112 valence electrons. The second-order valence-electron chi connectivity index (χ2n) is 5.29. The minimum Gasteiger partial charge on any atom is -0.399 e. The molecule has 2 aromatic heterocycles. The quantitative estimate of drug-likeness (QED) is 0.533. The van der Waals surface area contributed by atoms with Gasteiger partial charge in [0.2, 0.25) is 0 Å². The maximum absolute atomic E-state index is 6.12. The van der Waals surface area contributed by atoms with Crippen molar-refractivity contribution in [2.75, 3.05) is 5.73 Å². The first-order chi connectivity index (χ1) is 11.2. The standard InChI is InChI=1S/C18H13ClN4/c19-13-5-1-4-12(9-13)17-16-15(7-8-21-18(16)23-22-17)11-3-2-6-14(20)10-11/h1-10H,20H2,(H,21,22,23). The lowest BCUT2D eigenvalue weighted by Crippen LogP contribution is -1.87. The molecule has 4 aromatic rings. The largest absolute Gasteiger partial charge is 0.399 e. The lowest BCUT2D eigenvalue weighted by Gasteiger charge is -2.06. The van der Waals surface area contributed by atoms with E-state index in [9.17, 15) is 0 Å². The van der Waals surface area contributed by atoms with Crippen LogP contribution in [0.1, 0.15) is 0 Å². The van der Waals surface area contributed by atoms with Gasteiger partial charge in [-0.15, -0.1) is 0 Å². The second kappa shape index (κ2) is 5.41. The zero-order valence-electron chi connectivity index (χ0n) is 12.1. The first-order valence-corrected chi connectivity index (χ1v) is 7.55. The van der Waals surface area contributed by atoms with E-state index in [-0.39, 0.29) is 0 Å². The van der Waals surface area contributed by atoms with E-state index in [2.05, 4.69) is 15.2 Å². The predicted octanol–water partition coefficient (Wildman–Crippen LogP) is 4.53. The van der Waals surface area contributed by atoms with Gasteiger partial charge in [0.25, 0.3) is 0 Å². The van der Waals surface area contributed by atoms with Gasteiger partial charge in [0.15, 0.2) is 5.65 Å². The summed E-state index contributed by atoms with van der Waals surface area (Å²) in [5.74, 6) is 0. The Morgan fingerprint density at radius 3 is 2.61 bits per heavy atom. The number of hydrogen-bond acceptors (Lipinski definition) is 3. The highest BCUT2D eigenvalue weighted by atomic mass is 35.5. The smallest absolute Gasteiger partial charge is 0.182 e. The maximum Gasteiger partial charge on any atom is 0.182 e. The van der Waals surface area contributed by atoms with E-state index in [0.717, 1.165) is 33.5 Å². The highest BCUT2D eigenvalue weighted by Gasteiger charge is 2.14. The van der Waals surface area contributed by atoms with Gasteiger partial charge in [0.05, 0.1) is 11.1 Å². The van der Waals surface area contributed by atoms with Crippen molar-refractivity contribution in [1.29, 1.82) is 0 Å². The van der Waals surface area contributed by atoms with Gasteiger partial charge in [-0.3, -0.25) is 5.10 Å². The Labute approximate surface area is 137 Å². The summed E-state index contributed by atoms with van der Waals surface area (Å²) >= 11 is 6.12. The van der Waals surface area contributed by atoms with Gasteiger partial charge in [-0.05, 0) is 41.5 Å². The molecule has 0 radical (unpaired) electrons. The van der Waals surface area contributed by atoms with Gasteiger partial charge in [-0.1, -0.05) is 35.9 Å². The molecular weight excluding hydrogens is 308 g/mol. The van der Waals surface area contributed by atoms with Crippen molar-refractivity contribution >= 4 is 28.3 Å². The Hall–Kier alpha value is -2.85. The Morgan fingerprint density at radius 2 is 1.78 bits per heavy atom. The molecule has 2 aromatic carbocycles. The number of anilines is 1. The molecule has 0 atom stereocenters. The lowest BCUT2D eigenvalue weighted by atomic mass is 9.99. The van der Waals surface area contributed by atoms with Crippen LogP contribution in [0.3, 0.4) is 0 Å². The van der Waals surface area contributed by atoms with Gasteiger partial charge >= 0.3 is 0 Å². The maximum atomic E-state index is 6.12.